The van der Waals surface area contributed by atoms with Crippen LogP contribution in [0.4, 0.5) is 5.69 Å². The average Bonchev–Trinajstić information content (AvgIpc) is 2.61. The molecule has 1 aromatic carbocycles. The molecule has 0 bridgehead atoms. The molecule has 0 spiro atoms. The Morgan fingerprint density at radius 3 is 2.56 bits per heavy atom. The number of hydrogen-bond donors (Lipinski definition) is 2. The summed E-state index contributed by atoms with van der Waals surface area (Å²) >= 11 is 0. The Kier molecular flexibility index (Phi) is 9.35. The molecule has 5 nitrogen and oxygen atoms in total. The molecule has 1 saturated heterocycles. The number of anilines is 1. The number of amides is 2. The third-order valence-corrected chi connectivity index (χ3v) is 4.71. The summed E-state index contributed by atoms with van der Waals surface area (Å²) in [5.74, 6) is 0.353. The fourth-order valence-corrected chi connectivity index (χ4v) is 3.09. The van der Waals surface area contributed by atoms with E-state index in [1.807, 2.05) is 29.2 Å². The molecule has 0 aliphatic carbocycles. The highest BCUT2D eigenvalue weighted by Gasteiger charge is 2.26. The number of para-hydroxylation sites is 1. The summed E-state index contributed by atoms with van der Waals surface area (Å²) in [5, 5.41) is 2.99. The van der Waals surface area contributed by atoms with Gasteiger partial charge in [0.25, 0.3) is 0 Å². The normalized spacial score (nSPS) is 14.7. The Labute approximate surface area is 156 Å². The van der Waals surface area contributed by atoms with Crippen LogP contribution in [0.2, 0.25) is 0 Å². The van der Waals surface area contributed by atoms with Crippen LogP contribution in [0.5, 0.6) is 0 Å². The first kappa shape index (κ1) is 21.3. The van der Waals surface area contributed by atoms with Gasteiger partial charge in [-0.1, -0.05) is 31.5 Å². The Morgan fingerprint density at radius 1 is 1.24 bits per heavy atom. The van der Waals surface area contributed by atoms with Gasteiger partial charge in [-0.05, 0) is 37.3 Å². The molecule has 2 rings (SSSR count). The summed E-state index contributed by atoms with van der Waals surface area (Å²) in [4.78, 5) is 26.3. The lowest BCUT2D eigenvalue weighted by Crippen LogP contribution is -2.43. The van der Waals surface area contributed by atoms with Crippen molar-refractivity contribution in [3.63, 3.8) is 0 Å². The lowest BCUT2D eigenvalue weighted by Gasteiger charge is -2.31. The van der Waals surface area contributed by atoms with Crippen LogP contribution in [0, 0.1) is 5.92 Å². The molecule has 1 aliphatic rings. The maximum absolute atomic E-state index is 12.4. The Bertz CT molecular complexity index is 557. The van der Waals surface area contributed by atoms with E-state index in [1.54, 1.807) is 0 Å². The number of carbonyl (C=O) groups excluding carboxylic acids is 2. The summed E-state index contributed by atoms with van der Waals surface area (Å²) in [6, 6.07) is 7.67. The second kappa shape index (κ2) is 11.0. The van der Waals surface area contributed by atoms with Crippen molar-refractivity contribution in [2.75, 3.05) is 25.4 Å². The second-order valence-electron chi connectivity index (χ2n) is 6.50. The number of nitrogens with one attached hydrogen (secondary N) is 1. The average molecular weight is 368 g/mol. The summed E-state index contributed by atoms with van der Waals surface area (Å²) < 4.78 is 0. The molecule has 3 N–H and O–H groups in total. The van der Waals surface area contributed by atoms with Crippen LogP contribution >= 0.6 is 12.4 Å². The van der Waals surface area contributed by atoms with E-state index >= 15 is 0 Å². The van der Waals surface area contributed by atoms with Gasteiger partial charge < -0.3 is 16.0 Å². The number of nitrogen functional groups attached to an aromatic ring is 1. The third kappa shape index (κ3) is 6.58. The highest BCUT2D eigenvalue weighted by molar-refractivity contribution is 5.85. The van der Waals surface area contributed by atoms with Crippen molar-refractivity contribution in [2.45, 2.75) is 45.4 Å². The minimum absolute atomic E-state index is 0. The second-order valence-corrected chi connectivity index (χ2v) is 6.50. The van der Waals surface area contributed by atoms with Crippen molar-refractivity contribution >= 4 is 29.9 Å². The van der Waals surface area contributed by atoms with Crippen LogP contribution < -0.4 is 11.1 Å². The van der Waals surface area contributed by atoms with Gasteiger partial charge in [0.15, 0.2) is 0 Å². The number of aryl methyl sites for hydroxylation is 1. The zero-order chi connectivity index (χ0) is 17.4. The highest BCUT2D eigenvalue weighted by Crippen LogP contribution is 2.19. The van der Waals surface area contributed by atoms with Crippen molar-refractivity contribution in [3.05, 3.63) is 29.8 Å². The summed E-state index contributed by atoms with van der Waals surface area (Å²) in [5.41, 5.74) is 7.68. The van der Waals surface area contributed by atoms with Gasteiger partial charge in [0.05, 0.1) is 0 Å². The molecule has 0 saturated carbocycles. The zero-order valence-electron chi connectivity index (χ0n) is 15.0. The Hall–Kier alpha value is -1.75. The van der Waals surface area contributed by atoms with Crippen molar-refractivity contribution in [2.24, 2.45) is 5.92 Å². The Morgan fingerprint density at radius 2 is 1.92 bits per heavy atom. The molecule has 25 heavy (non-hydrogen) atoms. The van der Waals surface area contributed by atoms with Crippen LogP contribution in [0.15, 0.2) is 24.3 Å². The van der Waals surface area contributed by atoms with E-state index < -0.39 is 0 Å². The van der Waals surface area contributed by atoms with E-state index in [1.165, 1.54) is 0 Å². The van der Waals surface area contributed by atoms with E-state index in [0.717, 1.165) is 43.5 Å². The van der Waals surface area contributed by atoms with Crippen LogP contribution in [0.1, 0.15) is 44.6 Å². The van der Waals surface area contributed by atoms with Gasteiger partial charge in [-0.25, -0.2) is 0 Å². The maximum Gasteiger partial charge on any atom is 0.223 e. The van der Waals surface area contributed by atoms with Crippen molar-refractivity contribution in [1.82, 2.24) is 10.2 Å². The number of benzene rings is 1. The number of likely N-dealkylation sites (tertiary alicyclic amines) is 1. The predicted octanol–water partition coefficient (Wildman–Crippen LogP) is 2.78. The largest absolute Gasteiger partial charge is 0.399 e. The fraction of sp³-hybridized carbons (Fsp3) is 0.579. The summed E-state index contributed by atoms with van der Waals surface area (Å²) in [6.07, 6.45) is 4.77. The number of rotatable bonds is 7. The van der Waals surface area contributed by atoms with Gasteiger partial charge in [0, 0.05) is 37.7 Å². The first-order valence-corrected chi connectivity index (χ1v) is 9.00. The van der Waals surface area contributed by atoms with E-state index in [2.05, 4.69) is 12.2 Å². The van der Waals surface area contributed by atoms with Crippen LogP contribution in [0.3, 0.4) is 0 Å². The molecule has 1 aromatic rings. The number of nitrogens with zero attached hydrogens (tertiary/aromatic N) is 1. The molecular formula is C19H30ClN3O2. The molecule has 6 heteroatoms. The molecule has 1 aliphatic heterocycles. The number of unbranched alkanes of at least 4 members (excludes halogenated alkanes) is 1. The van der Waals surface area contributed by atoms with Crippen molar-refractivity contribution in [1.29, 1.82) is 0 Å². The molecule has 1 heterocycles. The molecule has 0 radical (unpaired) electrons. The number of nitrogens with two attached hydrogens (primary N) is 1. The van der Waals surface area contributed by atoms with Gasteiger partial charge in [0.2, 0.25) is 11.8 Å². The Balaban J connectivity index is 0.00000312. The van der Waals surface area contributed by atoms with Gasteiger partial charge >= 0.3 is 0 Å². The molecule has 0 atom stereocenters. The summed E-state index contributed by atoms with van der Waals surface area (Å²) in [7, 11) is 0. The minimum Gasteiger partial charge on any atom is -0.399 e. The minimum atomic E-state index is 0. The number of hydrogen-bond acceptors (Lipinski definition) is 3. The standard InChI is InChI=1S/C19H29N3O2.ClH/c1-2-3-12-21-19(24)16-10-13-22(14-11-16)18(23)9-8-15-6-4-5-7-17(15)20;/h4-7,16H,2-3,8-14,20H2,1H3,(H,21,24);1H. The van der Waals surface area contributed by atoms with E-state index in [-0.39, 0.29) is 30.1 Å². The van der Waals surface area contributed by atoms with Crippen molar-refractivity contribution < 1.29 is 9.59 Å². The molecular weight excluding hydrogens is 338 g/mol. The van der Waals surface area contributed by atoms with Gasteiger partial charge in [0.1, 0.15) is 0 Å². The SMILES string of the molecule is CCCCNC(=O)C1CCN(C(=O)CCc2ccccc2N)CC1.Cl. The lowest BCUT2D eigenvalue weighted by molar-refractivity contribution is -0.135. The van der Waals surface area contributed by atoms with Gasteiger partial charge in [-0.3, -0.25) is 9.59 Å². The molecule has 0 aromatic heterocycles. The molecule has 1 fully saturated rings. The zero-order valence-corrected chi connectivity index (χ0v) is 15.8. The van der Waals surface area contributed by atoms with Crippen molar-refractivity contribution in [3.8, 4) is 0 Å². The quantitative estimate of drug-likeness (QED) is 0.574. The number of halogens is 1. The fourth-order valence-electron chi connectivity index (χ4n) is 3.09. The predicted molar refractivity (Wildman–Crippen MR) is 104 cm³/mol. The lowest BCUT2D eigenvalue weighted by atomic mass is 9.95. The molecule has 0 unspecified atom stereocenters. The van der Waals surface area contributed by atoms with Gasteiger partial charge in [-0.15, -0.1) is 12.4 Å². The monoisotopic (exact) mass is 367 g/mol. The van der Waals surface area contributed by atoms with E-state index in [9.17, 15) is 9.59 Å². The number of carbonyl (C=O) groups is 2. The van der Waals surface area contributed by atoms with Gasteiger partial charge in [-0.2, -0.15) is 0 Å². The number of piperidine rings is 1. The molecule has 2 amide bonds. The topological polar surface area (TPSA) is 75.4 Å². The first-order valence-electron chi connectivity index (χ1n) is 9.00. The first-order chi connectivity index (χ1) is 11.6. The third-order valence-electron chi connectivity index (χ3n) is 4.71. The maximum atomic E-state index is 12.4. The van der Waals surface area contributed by atoms with Crippen LogP contribution in [0.25, 0.3) is 0 Å². The van der Waals surface area contributed by atoms with E-state index in [4.69, 9.17) is 5.73 Å². The molecule has 140 valence electrons. The van der Waals surface area contributed by atoms with Crippen LogP contribution in [-0.2, 0) is 16.0 Å². The summed E-state index contributed by atoms with van der Waals surface area (Å²) in [6.45, 7) is 4.22. The smallest absolute Gasteiger partial charge is 0.223 e. The van der Waals surface area contributed by atoms with Crippen LogP contribution in [-0.4, -0.2) is 36.3 Å². The highest BCUT2D eigenvalue weighted by atomic mass is 35.5. The van der Waals surface area contributed by atoms with E-state index in [0.29, 0.717) is 25.9 Å².